The fourth-order valence-electron chi connectivity index (χ4n) is 4.30. The quantitative estimate of drug-likeness (QED) is 0.198. The largest absolute Gasteiger partial charge is 0.436 e. The van der Waals surface area contributed by atoms with E-state index < -0.39 is 0 Å². The predicted molar refractivity (Wildman–Crippen MR) is 133 cm³/mol. The van der Waals surface area contributed by atoms with E-state index in [-0.39, 0.29) is 17.1 Å². The first kappa shape index (κ1) is 18.7. The molecular weight excluding hydrogens is 450 g/mol. The molecule has 0 atom stereocenters. The van der Waals surface area contributed by atoms with Gasteiger partial charge in [0.2, 0.25) is 5.71 Å². The molecule has 0 saturated carbocycles. The Bertz CT molecular complexity index is 1690. The number of fused-ring (bicyclic) bond motifs is 4. The maximum Gasteiger partial charge on any atom is 0.238 e. The van der Waals surface area contributed by atoms with Crippen LogP contribution in [0.1, 0.15) is 25.7 Å². The first-order valence-corrected chi connectivity index (χ1v) is 12.0. The van der Waals surface area contributed by atoms with E-state index in [1.54, 1.807) is 29.5 Å². The molecule has 0 saturated heterocycles. The Balaban J connectivity index is 1.26. The number of carbonyl (C=O) groups excluding carboxylic acids is 2. The minimum Gasteiger partial charge on any atom is -0.436 e. The first-order valence-electron chi connectivity index (χ1n) is 10.4. The van der Waals surface area contributed by atoms with Crippen LogP contribution in [-0.2, 0) is 0 Å². The average Bonchev–Trinajstić information content (AvgIpc) is 3.57. The highest BCUT2D eigenvalue weighted by molar-refractivity contribution is 7.22. The summed E-state index contributed by atoms with van der Waals surface area (Å²) in [5, 5.41) is 3.65. The number of carbonyl (C=O) groups is 2. The van der Waals surface area contributed by atoms with Crippen LogP contribution in [0.2, 0.25) is 0 Å². The van der Waals surface area contributed by atoms with Crippen LogP contribution in [0.4, 0.5) is 0 Å². The third kappa shape index (κ3) is 2.85. The second kappa shape index (κ2) is 6.81. The maximum absolute atomic E-state index is 13.0. The first-order chi connectivity index (χ1) is 16.1. The van der Waals surface area contributed by atoms with E-state index in [0.717, 1.165) is 26.1 Å². The minimum atomic E-state index is -0.251. The summed E-state index contributed by atoms with van der Waals surface area (Å²) >= 11 is 3.09. The van der Waals surface area contributed by atoms with E-state index in [2.05, 4.69) is 23.2 Å². The normalized spacial score (nSPS) is 13.5. The molecule has 33 heavy (non-hydrogen) atoms. The summed E-state index contributed by atoms with van der Waals surface area (Å²) in [6.07, 6.45) is 1.59. The number of rotatable bonds is 2. The average molecular weight is 464 g/mol. The molecule has 6 aromatic rings. The number of furan rings is 1. The molecule has 3 heterocycles. The molecule has 4 nitrogen and oxygen atoms in total. The molecule has 0 radical (unpaired) electrons. The second-order valence-corrected chi connectivity index (χ2v) is 10.1. The van der Waals surface area contributed by atoms with Gasteiger partial charge in [-0.3, -0.25) is 9.59 Å². The second-order valence-electron chi connectivity index (χ2n) is 7.94. The van der Waals surface area contributed by atoms with Crippen molar-refractivity contribution in [2.45, 2.75) is 0 Å². The van der Waals surface area contributed by atoms with Crippen LogP contribution in [0, 0.1) is 0 Å². The fraction of sp³-hybridized carbons (Fsp3) is 0. The Morgan fingerprint density at radius 2 is 1.39 bits per heavy atom. The van der Waals surface area contributed by atoms with Crippen LogP contribution >= 0.6 is 22.7 Å². The van der Waals surface area contributed by atoms with E-state index >= 15 is 0 Å². The van der Waals surface area contributed by atoms with Gasteiger partial charge in [0.25, 0.3) is 0 Å². The summed E-state index contributed by atoms with van der Waals surface area (Å²) in [4.78, 5) is 31.6. The number of Topliss-reactive ketones (excluding diaryl/α,β-unsaturated/α-hetero) is 2. The van der Waals surface area contributed by atoms with E-state index in [1.807, 2.05) is 42.5 Å². The number of thiazole rings is 1. The molecule has 0 N–H and O–H groups in total. The summed E-state index contributed by atoms with van der Waals surface area (Å²) in [5.41, 5.74) is 1.58. The zero-order chi connectivity index (χ0) is 22.1. The number of benzene rings is 3. The van der Waals surface area contributed by atoms with Crippen LogP contribution in [-0.4, -0.2) is 16.6 Å². The topological polar surface area (TPSA) is 60.2 Å². The van der Waals surface area contributed by atoms with Gasteiger partial charge in [0.1, 0.15) is 10.8 Å². The van der Waals surface area contributed by atoms with Crippen LogP contribution in [0.5, 0.6) is 0 Å². The van der Waals surface area contributed by atoms with Crippen LogP contribution < -0.4 is 0 Å². The highest BCUT2D eigenvalue weighted by Gasteiger charge is 2.33. The third-order valence-electron chi connectivity index (χ3n) is 5.91. The van der Waals surface area contributed by atoms with Crippen molar-refractivity contribution in [2.75, 3.05) is 0 Å². The van der Waals surface area contributed by atoms with Gasteiger partial charge in [-0.25, -0.2) is 4.98 Å². The molecule has 0 aliphatic heterocycles. The Morgan fingerprint density at radius 3 is 2.06 bits per heavy atom. The van der Waals surface area contributed by atoms with E-state index in [0.29, 0.717) is 21.8 Å². The van der Waals surface area contributed by atoms with Gasteiger partial charge >= 0.3 is 0 Å². The molecule has 3 aromatic heterocycles. The van der Waals surface area contributed by atoms with Gasteiger partial charge in [-0.15, -0.1) is 22.7 Å². The summed E-state index contributed by atoms with van der Waals surface area (Å²) in [7, 11) is 0. The molecule has 0 bridgehead atoms. The number of hydrogen-bond acceptors (Lipinski definition) is 6. The molecular formula is C27H13NO3S2. The molecule has 6 heteroatoms. The molecule has 0 amide bonds. The summed E-state index contributed by atoms with van der Waals surface area (Å²) in [5.74, 6) is 0.272. The predicted octanol–water partition coefficient (Wildman–Crippen LogP) is 7.39. The van der Waals surface area contributed by atoms with Crippen molar-refractivity contribution >= 4 is 71.6 Å². The van der Waals surface area contributed by atoms with Crippen molar-refractivity contribution in [3.63, 3.8) is 0 Å². The number of aromatic nitrogens is 1. The number of ketones is 2. The molecule has 1 aliphatic carbocycles. The van der Waals surface area contributed by atoms with Gasteiger partial charge in [0, 0.05) is 21.9 Å². The lowest BCUT2D eigenvalue weighted by atomic mass is 10.0. The van der Waals surface area contributed by atoms with E-state index in [9.17, 15) is 9.59 Å². The molecule has 3 aromatic carbocycles. The molecule has 7 rings (SSSR count). The Hall–Kier alpha value is -3.87. The van der Waals surface area contributed by atoms with Crippen LogP contribution in [0.3, 0.4) is 0 Å². The minimum absolute atomic E-state index is 0.154. The molecule has 156 valence electrons. The lowest BCUT2D eigenvalue weighted by Gasteiger charge is -2.00. The van der Waals surface area contributed by atoms with Gasteiger partial charge in [0.15, 0.2) is 11.6 Å². The summed E-state index contributed by atoms with van der Waals surface area (Å²) in [6, 6.07) is 23.6. The van der Waals surface area contributed by atoms with Gasteiger partial charge in [-0.1, -0.05) is 42.5 Å². The summed E-state index contributed by atoms with van der Waals surface area (Å²) in [6.45, 7) is 0. The fourth-order valence-corrected chi connectivity index (χ4v) is 6.19. The monoisotopic (exact) mass is 463 g/mol. The van der Waals surface area contributed by atoms with Gasteiger partial charge in [-0.05, 0) is 46.5 Å². The van der Waals surface area contributed by atoms with Gasteiger partial charge in [-0.2, -0.15) is 0 Å². The molecule has 1 aliphatic rings. The van der Waals surface area contributed by atoms with Gasteiger partial charge < -0.3 is 4.42 Å². The maximum atomic E-state index is 13.0. The van der Waals surface area contributed by atoms with Crippen LogP contribution in [0.25, 0.3) is 48.0 Å². The smallest absolute Gasteiger partial charge is 0.238 e. The van der Waals surface area contributed by atoms with Crippen molar-refractivity contribution in [2.24, 2.45) is 0 Å². The number of nitrogens with zero attached hydrogens (tertiary/aromatic N) is 1. The van der Waals surface area contributed by atoms with Crippen molar-refractivity contribution in [1.29, 1.82) is 0 Å². The van der Waals surface area contributed by atoms with Crippen molar-refractivity contribution < 1.29 is 14.0 Å². The number of thiophene rings is 1. The summed E-state index contributed by atoms with van der Waals surface area (Å²) < 4.78 is 8.10. The standard InChI is InChI=1S/C27H13NO3S2/c29-25-17-9-14-5-1-2-6-15(14)10-18(17)26(30)19(25)12-24-28-27-23(33-24)13-20(31-27)22-11-16-7-3-4-8-21(16)32-22/h1-13H. The lowest BCUT2D eigenvalue weighted by Crippen LogP contribution is -2.00. The zero-order valence-corrected chi connectivity index (χ0v) is 18.6. The highest BCUT2D eigenvalue weighted by atomic mass is 32.1. The molecule has 0 fully saturated rings. The lowest BCUT2D eigenvalue weighted by molar-refractivity contribution is 0.0990. The zero-order valence-electron chi connectivity index (χ0n) is 17.0. The SMILES string of the molecule is O=C1C(=Cc2nc3oc(-c4cc5ccccc5s4)cc3s2)C(=O)c2cc3ccccc3cc21. The van der Waals surface area contributed by atoms with Crippen molar-refractivity contribution in [3.05, 3.63) is 94.5 Å². The number of hydrogen-bond donors (Lipinski definition) is 0. The van der Waals surface area contributed by atoms with E-state index in [1.165, 1.54) is 21.4 Å². The number of allylic oxidation sites excluding steroid dienone is 1. The Kier molecular flexibility index (Phi) is 3.86. The van der Waals surface area contributed by atoms with Gasteiger partial charge in [0.05, 0.1) is 15.2 Å². The molecule has 0 spiro atoms. The Labute approximate surface area is 195 Å². The van der Waals surface area contributed by atoms with E-state index in [4.69, 9.17) is 4.42 Å². The third-order valence-corrected chi connectivity index (χ3v) is 7.97. The highest BCUT2D eigenvalue weighted by Crippen LogP contribution is 2.38. The van der Waals surface area contributed by atoms with Crippen LogP contribution in [0.15, 0.2) is 82.8 Å². The van der Waals surface area contributed by atoms with Crippen molar-refractivity contribution in [1.82, 2.24) is 4.98 Å². The molecule has 0 unspecified atom stereocenters. The van der Waals surface area contributed by atoms with Crippen molar-refractivity contribution in [3.8, 4) is 10.6 Å². The Morgan fingerprint density at radius 1 is 0.727 bits per heavy atom.